The van der Waals surface area contributed by atoms with E-state index in [1.807, 2.05) is 27.7 Å². The van der Waals surface area contributed by atoms with E-state index in [2.05, 4.69) is 0 Å². The number of carbonyl (C=O) groups excluding carboxylic acids is 2. The summed E-state index contributed by atoms with van der Waals surface area (Å²) >= 11 is 3.23. The Hall–Kier alpha value is -0.220. The van der Waals surface area contributed by atoms with Gasteiger partial charge in [-0.15, -0.1) is 23.5 Å². The molecular formula is C13H20O2S2. The summed E-state index contributed by atoms with van der Waals surface area (Å²) in [4.78, 5) is 24.2. The van der Waals surface area contributed by atoms with Crippen LogP contribution >= 0.6 is 23.5 Å². The van der Waals surface area contributed by atoms with Gasteiger partial charge in [-0.1, -0.05) is 27.7 Å². The van der Waals surface area contributed by atoms with Crippen molar-refractivity contribution in [3.63, 3.8) is 0 Å². The fourth-order valence-corrected chi connectivity index (χ4v) is 4.25. The fraction of sp³-hybridized carbons (Fsp3) is 0.692. The summed E-state index contributed by atoms with van der Waals surface area (Å²) in [5.41, 5.74) is 0.305. The molecule has 0 atom stereocenters. The van der Waals surface area contributed by atoms with Gasteiger partial charge in [-0.25, -0.2) is 0 Å². The Morgan fingerprint density at radius 1 is 1.06 bits per heavy atom. The van der Waals surface area contributed by atoms with E-state index in [0.717, 1.165) is 15.7 Å². The molecule has 0 aromatic carbocycles. The van der Waals surface area contributed by atoms with Gasteiger partial charge in [-0.05, 0) is 16.9 Å². The highest BCUT2D eigenvalue weighted by molar-refractivity contribution is 8.22. The minimum atomic E-state index is -0.170. The molecule has 0 unspecified atom stereocenters. The summed E-state index contributed by atoms with van der Waals surface area (Å²) in [6.07, 6.45) is 0.984. The van der Waals surface area contributed by atoms with E-state index < -0.39 is 0 Å². The lowest BCUT2D eigenvalue weighted by molar-refractivity contribution is -0.127. The van der Waals surface area contributed by atoms with Crippen LogP contribution in [-0.4, -0.2) is 23.1 Å². The van der Waals surface area contributed by atoms with Crippen molar-refractivity contribution in [3.8, 4) is 0 Å². The molecular weight excluding hydrogens is 252 g/mol. The molecule has 0 bridgehead atoms. The molecule has 0 radical (unpaired) electrons. The van der Waals surface area contributed by atoms with E-state index in [4.69, 9.17) is 0 Å². The zero-order valence-electron chi connectivity index (χ0n) is 11.0. The van der Waals surface area contributed by atoms with Crippen LogP contribution in [0.3, 0.4) is 0 Å². The molecule has 0 aliphatic heterocycles. The molecule has 1 aliphatic carbocycles. The van der Waals surface area contributed by atoms with E-state index in [1.54, 1.807) is 23.5 Å². The van der Waals surface area contributed by atoms with Gasteiger partial charge in [-0.2, -0.15) is 0 Å². The van der Waals surface area contributed by atoms with Crippen LogP contribution in [0.2, 0.25) is 0 Å². The molecule has 0 amide bonds. The molecule has 0 aromatic rings. The lowest BCUT2D eigenvalue weighted by atomic mass is 9.74. The van der Waals surface area contributed by atoms with Crippen LogP contribution in [0, 0.1) is 5.41 Å². The third-order valence-corrected chi connectivity index (χ3v) is 4.81. The Labute approximate surface area is 112 Å². The fourth-order valence-electron chi connectivity index (χ4n) is 1.94. The monoisotopic (exact) mass is 272 g/mol. The summed E-state index contributed by atoms with van der Waals surface area (Å²) in [7, 11) is 0. The molecule has 1 saturated carbocycles. The van der Waals surface area contributed by atoms with Gasteiger partial charge in [0.25, 0.3) is 0 Å². The van der Waals surface area contributed by atoms with Gasteiger partial charge in [0.05, 0.1) is 9.81 Å². The zero-order valence-corrected chi connectivity index (χ0v) is 12.6. The minimum Gasteiger partial charge on any atom is -0.294 e. The SMILES string of the molecule is CCSC(SCC)=C1C(=O)CC(C)(C)CC1=O. The molecule has 0 aromatic heterocycles. The largest absolute Gasteiger partial charge is 0.294 e. The number of Topliss-reactive ketones (excluding diaryl/α,β-unsaturated/α-hetero) is 2. The lowest BCUT2D eigenvalue weighted by Crippen LogP contribution is -2.32. The average Bonchev–Trinajstić information content (AvgIpc) is 2.14. The summed E-state index contributed by atoms with van der Waals surface area (Å²) in [6, 6.07) is 0. The van der Waals surface area contributed by atoms with Crippen molar-refractivity contribution in [2.75, 3.05) is 11.5 Å². The van der Waals surface area contributed by atoms with E-state index in [0.29, 0.717) is 18.4 Å². The standard InChI is InChI=1S/C13H20O2S2/c1-5-16-12(17-6-2)11-9(14)7-13(3,4)8-10(11)15/h5-8H2,1-4H3. The molecule has 0 spiro atoms. The molecule has 2 nitrogen and oxygen atoms in total. The molecule has 1 rings (SSSR count). The van der Waals surface area contributed by atoms with E-state index in [9.17, 15) is 9.59 Å². The first kappa shape index (κ1) is 14.8. The van der Waals surface area contributed by atoms with Gasteiger partial charge < -0.3 is 0 Å². The highest BCUT2D eigenvalue weighted by atomic mass is 32.2. The van der Waals surface area contributed by atoms with Gasteiger partial charge in [0, 0.05) is 12.8 Å². The molecule has 1 fully saturated rings. The Balaban J connectivity index is 3.05. The average molecular weight is 272 g/mol. The molecule has 1 aliphatic rings. The quantitative estimate of drug-likeness (QED) is 0.578. The van der Waals surface area contributed by atoms with E-state index >= 15 is 0 Å². The second-order valence-electron chi connectivity index (χ2n) is 4.89. The van der Waals surface area contributed by atoms with Crippen LogP contribution < -0.4 is 0 Å². The summed E-state index contributed by atoms with van der Waals surface area (Å²) in [5, 5.41) is 0. The first-order valence-electron chi connectivity index (χ1n) is 5.97. The molecule has 0 heterocycles. The molecule has 17 heavy (non-hydrogen) atoms. The number of hydrogen-bond acceptors (Lipinski definition) is 4. The second-order valence-corrected chi connectivity index (χ2v) is 7.70. The number of carbonyl (C=O) groups is 2. The zero-order chi connectivity index (χ0) is 13.1. The topological polar surface area (TPSA) is 34.1 Å². The molecule has 0 saturated heterocycles. The van der Waals surface area contributed by atoms with Crippen LogP contribution in [0.5, 0.6) is 0 Å². The van der Waals surface area contributed by atoms with Gasteiger partial charge in [0.1, 0.15) is 0 Å². The van der Waals surface area contributed by atoms with Crippen molar-refractivity contribution in [1.29, 1.82) is 0 Å². The van der Waals surface area contributed by atoms with Crippen molar-refractivity contribution in [2.45, 2.75) is 40.5 Å². The number of ketones is 2. The lowest BCUT2D eigenvalue weighted by Gasteiger charge is -2.29. The number of allylic oxidation sites excluding steroid dienone is 1. The number of rotatable bonds is 4. The van der Waals surface area contributed by atoms with Crippen molar-refractivity contribution >= 4 is 35.1 Å². The van der Waals surface area contributed by atoms with Crippen LogP contribution in [-0.2, 0) is 9.59 Å². The maximum atomic E-state index is 12.1. The van der Waals surface area contributed by atoms with Gasteiger partial charge in [0.2, 0.25) is 0 Å². The summed E-state index contributed by atoms with van der Waals surface area (Å²) < 4.78 is 0.931. The third-order valence-electron chi connectivity index (χ3n) is 2.59. The molecule has 4 heteroatoms. The normalized spacial score (nSPS) is 19.6. The first-order valence-corrected chi connectivity index (χ1v) is 7.94. The predicted molar refractivity (Wildman–Crippen MR) is 76.3 cm³/mol. The minimum absolute atomic E-state index is 0.0307. The van der Waals surface area contributed by atoms with Crippen molar-refractivity contribution in [2.24, 2.45) is 5.41 Å². The van der Waals surface area contributed by atoms with Gasteiger partial charge >= 0.3 is 0 Å². The molecule has 96 valence electrons. The van der Waals surface area contributed by atoms with Crippen LogP contribution in [0.15, 0.2) is 9.81 Å². The summed E-state index contributed by atoms with van der Waals surface area (Å²) in [6.45, 7) is 8.06. The van der Waals surface area contributed by atoms with E-state index in [-0.39, 0.29) is 17.0 Å². The van der Waals surface area contributed by atoms with Crippen LogP contribution in [0.25, 0.3) is 0 Å². The maximum Gasteiger partial charge on any atom is 0.168 e. The van der Waals surface area contributed by atoms with Crippen molar-refractivity contribution in [1.82, 2.24) is 0 Å². The van der Waals surface area contributed by atoms with Crippen LogP contribution in [0.4, 0.5) is 0 Å². The first-order chi connectivity index (χ1) is 7.91. The van der Waals surface area contributed by atoms with Gasteiger partial charge in [-0.3, -0.25) is 9.59 Å². The third kappa shape index (κ3) is 3.88. The van der Waals surface area contributed by atoms with Gasteiger partial charge in [0.15, 0.2) is 11.6 Å². The van der Waals surface area contributed by atoms with Crippen molar-refractivity contribution in [3.05, 3.63) is 9.81 Å². The second kappa shape index (κ2) is 6.10. The Morgan fingerprint density at radius 3 is 1.82 bits per heavy atom. The Bertz CT molecular complexity index is 326. The Morgan fingerprint density at radius 2 is 1.47 bits per heavy atom. The number of thioether (sulfide) groups is 2. The smallest absolute Gasteiger partial charge is 0.168 e. The Kier molecular flexibility index (Phi) is 5.32. The summed E-state index contributed by atoms with van der Waals surface area (Å²) in [5.74, 6) is 1.86. The maximum absolute atomic E-state index is 12.1. The number of hydrogen-bond donors (Lipinski definition) is 0. The highest BCUT2D eigenvalue weighted by Crippen LogP contribution is 2.40. The highest BCUT2D eigenvalue weighted by Gasteiger charge is 2.37. The predicted octanol–water partition coefficient (Wildman–Crippen LogP) is 3.66. The van der Waals surface area contributed by atoms with Crippen molar-refractivity contribution < 1.29 is 9.59 Å². The molecule has 0 N–H and O–H groups in total. The van der Waals surface area contributed by atoms with E-state index in [1.165, 1.54) is 0 Å². The van der Waals surface area contributed by atoms with Crippen LogP contribution in [0.1, 0.15) is 40.5 Å².